The van der Waals surface area contributed by atoms with Gasteiger partial charge in [0.15, 0.2) is 0 Å². The van der Waals surface area contributed by atoms with Crippen LogP contribution in [0.5, 0.6) is 0 Å². The van der Waals surface area contributed by atoms with E-state index < -0.39 is 0 Å². The molecule has 0 amide bonds. The summed E-state index contributed by atoms with van der Waals surface area (Å²) in [6, 6.07) is 2.96. The van der Waals surface area contributed by atoms with Crippen molar-refractivity contribution in [2.45, 2.75) is 13.5 Å². The second-order valence-corrected chi connectivity index (χ2v) is 3.16. The number of nitrogens with one attached hydrogen (secondary N) is 1. The number of hydrogen-bond acceptors (Lipinski definition) is 5. The van der Waals surface area contributed by atoms with E-state index in [0.717, 1.165) is 0 Å². The molecule has 0 aliphatic rings. The third-order valence-corrected chi connectivity index (χ3v) is 2.00. The number of aryl methyl sites for hydroxylation is 1. The number of hydrogen-bond donors (Lipinski definition) is 1. The van der Waals surface area contributed by atoms with Gasteiger partial charge in [0.25, 0.3) is 16.3 Å². The molecule has 0 unspecified atom stereocenters. The van der Waals surface area contributed by atoms with Crippen molar-refractivity contribution in [1.82, 2.24) is 20.0 Å². The lowest BCUT2D eigenvalue weighted by molar-refractivity contribution is 0.541. The lowest BCUT2D eigenvalue weighted by Crippen LogP contribution is -2.21. The van der Waals surface area contributed by atoms with Crippen molar-refractivity contribution in [2.24, 2.45) is 0 Å². The average Bonchev–Trinajstić information content (AvgIpc) is 2.66. The van der Waals surface area contributed by atoms with Crippen molar-refractivity contribution >= 4 is 12.2 Å². The van der Waals surface area contributed by atoms with Crippen molar-refractivity contribution in [2.75, 3.05) is 0 Å². The van der Waals surface area contributed by atoms with Crippen LogP contribution in [0, 0.1) is 4.84 Å². The highest BCUT2D eigenvalue weighted by Gasteiger charge is 2.07. The fourth-order valence-corrected chi connectivity index (χ4v) is 1.25. The van der Waals surface area contributed by atoms with Gasteiger partial charge in [0.2, 0.25) is 0 Å². The highest BCUT2D eigenvalue weighted by atomic mass is 32.1. The first-order valence-electron chi connectivity index (χ1n) is 4.34. The summed E-state index contributed by atoms with van der Waals surface area (Å²) in [5.41, 5.74) is 0.319. The quantitative estimate of drug-likeness (QED) is 0.769. The van der Waals surface area contributed by atoms with E-state index in [1.165, 1.54) is 10.7 Å². The van der Waals surface area contributed by atoms with E-state index in [0.29, 0.717) is 12.2 Å². The summed E-state index contributed by atoms with van der Waals surface area (Å²) < 4.78 is 6.40. The van der Waals surface area contributed by atoms with Crippen LogP contribution in [0.25, 0.3) is 11.6 Å². The molecule has 78 valence electrons. The SMILES string of the molecule is CCn1nc(-c2n[nH]c(=S)o2)ccc1=O. The molecule has 0 fully saturated rings. The van der Waals surface area contributed by atoms with Gasteiger partial charge in [0.1, 0.15) is 5.69 Å². The van der Waals surface area contributed by atoms with Gasteiger partial charge in [0, 0.05) is 12.6 Å². The van der Waals surface area contributed by atoms with Crippen LogP contribution in [0.4, 0.5) is 0 Å². The van der Waals surface area contributed by atoms with E-state index in [1.54, 1.807) is 6.07 Å². The molecule has 15 heavy (non-hydrogen) atoms. The molecule has 0 bridgehead atoms. The number of aromatic amines is 1. The Bertz CT molecular complexity index is 583. The first kappa shape index (κ1) is 9.78. The maximum Gasteiger partial charge on any atom is 0.284 e. The van der Waals surface area contributed by atoms with E-state index in [1.807, 2.05) is 6.92 Å². The molecule has 2 aromatic rings. The molecule has 0 saturated heterocycles. The predicted molar refractivity (Wildman–Crippen MR) is 54.9 cm³/mol. The van der Waals surface area contributed by atoms with E-state index >= 15 is 0 Å². The number of nitrogens with zero attached hydrogens (tertiary/aromatic N) is 3. The number of aromatic nitrogens is 4. The molecule has 0 radical (unpaired) electrons. The van der Waals surface area contributed by atoms with Gasteiger partial charge in [-0.1, -0.05) is 0 Å². The van der Waals surface area contributed by atoms with Crippen LogP contribution >= 0.6 is 12.2 Å². The summed E-state index contributed by atoms with van der Waals surface area (Å²) in [6.45, 7) is 2.33. The first-order valence-corrected chi connectivity index (χ1v) is 4.75. The van der Waals surface area contributed by atoms with Crippen LogP contribution in [0.1, 0.15) is 6.92 Å². The van der Waals surface area contributed by atoms with Crippen molar-refractivity contribution in [3.63, 3.8) is 0 Å². The summed E-state index contributed by atoms with van der Waals surface area (Å²) in [4.78, 5) is 11.4. The normalized spacial score (nSPS) is 10.5. The Kier molecular flexibility index (Phi) is 2.46. The van der Waals surface area contributed by atoms with Gasteiger partial charge in [-0.05, 0) is 25.2 Å². The van der Waals surface area contributed by atoms with Gasteiger partial charge in [-0.3, -0.25) is 4.79 Å². The van der Waals surface area contributed by atoms with Gasteiger partial charge in [-0.25, -0.2) is 9.78 Å². The van der Waals surface area contributed by atoms with Crippen molar-refractivity contribution in [3.8, 4) is 11.6 Å². The van der Waals surface area contributed by atoms with Crippen LogP contribution in [-0.4, -0.2) is 20.0 Å². The van der Waals surface area contributed by atoms with Crippen LogP contribution in [0.3, 0.4) is 0 Å². The summed E-state index contributed by atoms with van der Waals surface area (Å²) in [5.74, 6) is 0.280. The summed E-state index contributed by atoms with van der Waals surface area (Å²) >= 11 is 4.74. The first-order chi connectivity index (χ1) is 7.20. The predicted octanol–water partition coefficient (Wildman–Crippen LogP) is 0.976. The molecule has 0 aliphatic heterocycles. The second kappa shape index (κ2) is 3.77. The van der Waals surface area contributed by atoms with Crippen LogP contribution in [0.2, 0.25) is 0 Å². The Labute approximate surface area is 89.6 Å². The lowest BCUT2D eigenvalue weighted by atomic mass is 10.4. The average molecular weight is 224 g/mol. The molecule has 0 aromatic carbocycles. The summed E-state index contributed by atoms with van der Waals surface area (Å²) in [6.07, 6.45) is 0. The molecule has 7 heteroatoms. The molecule has 0 saturated carbocycles. The molecule has 0 aliphatic carbocycles. The van der Waals surface area contributed by atoms with Gasteiger partial charge in [-0.2, -0.15) is 5.10 Å². The molecule has 6 nitrogen and oxygen atoms in total. The van der Waals surface area contributed by atoms with Gasteiger partial charge < -0.3 is 4.42 Å². The molecule has 2 heterocycles. The Morgan fingerprint density at radius 1 is 1.60 bits per heavy atom. The maximum absolute atomic E-state index is 11.3. The van der Waals surface area contributed by atoms with E-state index in [-0.39, 0.29) is 16.3 Å². The summed E-state index contributed by atoms with van der Waals surface area (Å²) in [7, 11) is 0. The van der Waals surface area contributed by atoms with Crippen LogP contribution < -0.4 is 5.56 Å². The zero-order valence-corrected chi connectivity index (χ0v) is 8.74. The summed E-state index contributed by atoms with van der Waals surface area (Å²) in [5, 5.41) is 10.4. The van der Waals surface area contributed by atoms with E-state index in [4.69, 9.17) is 16.6 Å². The second-order valence-electron chi connectivity index (χ2n) is 2.79. The monoisotopic (exact) mass is 224 g/mol. The topological polar surface area (TPSA) is 76.7 Å². The zero-order valence-electron chi connectivity index (χ0n) is 7.93. The standard InChI is InChI=1S/C8H8N4O2S/c1-2-12-6(13)4-3-5(11-12)7-9-10-8(15)14-7/h3-4H,2H2,1H3,(H,10,15). The fourth-order valence-electron chi connectivity index (χ4n) is 1.13. The zero-order chi connectivity index (χ0) is 10.8. The van der Waals surface area contributed by atoms with Gasteiger partial charge >= 0.3 is 0 Å². The molecule has 1 N–H and O–H groups in total. The fraction of sp³-hybridized carbons (Fsp3) is 0.250. The lowest BCUT2D eigenvalue weighted by Gasteiger charge is -2.00. The highest BCUT2D eigenvalue weighted by molar-refractivity contribution is 7.71. The molecule has 0 atom stereocenters. The minimum absolute atomic E-state index is 0.157. The van der Waals surface area contributed by atoms with Gasteiger partial charge in [-0.15, -0.1) is 5.10 Å². The van der Waals surface area contributed by atoms with Crippen molar-refractivity contribution in [3.05, 3.63) is 27.3 Å². The Balaban J connectivity index is 2.54. The number of H-pyrrole nitrogens is 1. The molecule has 2 aromatic heterocycles. The third-order valence-electron chi connectivity index (χ3n) is 1.82. The minimum Gasteiger partial charge on any atom is -0.408 e. The van der Waals surface area contributed by atoms with Crippen LogP contribution in [0.15, 0.2) is 21.3 Å². The molecule has 0 spiro atoms. The molecular formula is C8H8N4O2S. The Morgan fingerprint density at radius 2 is 2.40 bits per heavy atom. The van der Waals surface area contributed by atoms with E-state index in [2.05, 4.69) is 15.3 Å². The Hall–Kier alpha value is -1.76. The third kappa shape index (κ3) is 1.86. The van der Waals surface area contributed by atoms with Crippen molar-refractivity contribution in [1.29, 1.82) is 0 Å². The van der Waals surface area contributed by atoms with E-state index in [9.17, 15) is 4.79 Å². The molecule has 2 rings (SSSR count). The Morgan fingerprint density at radius 3 is 3.00 bits per heavy atom. The van der Waals surface area contributed by atoms with Crippen LogP contribution in [-0.2, 0) is 6.54 Å². The minimum atomic E-state index is -0.157. The maximum atomic E-state index is 11.3. The number of rotatable bonds is 2. The molecular weight excluding hydrogens is 216 g/mol. The highest BCUT2D eigenvalue weighted by Crippen LogP contribution is 2.10. The largest absolute Gasteiger partial charge is 0.408 e. The smallest absolute Gasteiger partial charge is 0.284 e. The van der Waals surface area contributed by atoms with Gasteiger partial charge in [0.05, 0.1) is 0 Å². The van der Waals surface area contributed by atoms with Crippen molar-refractivity contribution < 1.29 is 4.42 Å².